The van der Waals surface area contributed by atoms with Gasteiger partial charge >= 0.3 is 5.97 Å². The number of likely N-dealkylation sites (tertiary alicyclic amines) is 1. The van der Waals surface area contributed by atoms with Crippen LogP contribution in [0.5, 0.6) is 0 Å². The molecule has 0 bridgehead atoms. The summed E-state index contributed by atoms with van der Waals surface area (Å²) in [5.41, 5.74) is 1.99. The molecule has 0 aromatic heterocycles. The molecular formula is C20H29NO2. The van der Waals surface area contributed by atoms with Gasteiger partial charge in [-0.15, -0.1) is 0 Å². The first kappa shape index (κ1) is 16.5. The lowest BCUT2D eigenvalue weighted by Gasteiger charge is -2.29. The van der Waals surface area contributed by atoms with E-state index < -0.39 is 5.41 Å². The van der Waals surface area contributed by atoms with Gasteiger partial charge in [-0.25, -0.2) is 0 Å². The number of nitrogens with zero attached hydrogens (tertiary/aromatic N) is 1. The van der Waals surface area contributed by atoms with E-state index in [4.69, 9.17) is 4.74 Å². The summed E-state index contributed by atoms with van der Waals surface area (Å²) in [6.07, 6.45) is 8.00. The van der Waals surface area contributed by atoms with Crippen molar-refractivity contribution in [3.05, 3.63) is 35.4 Å². The summed E-state index contributed by atoms with van der Waals surface area (Å²) < 4.78 is 5.74. The Morgan fingerprint density at radius 3 is 2.35 bits per heavy atom. The molecule has 3 nitrogen and oxygen atoms in total. The average Bonchev–Trinajstić information content (AvgIpc) is 3.07. The van der Waals surface area contributed by atoms with Crippen LogP contribution in [0.4, 0.5) is 0 Å². The highest BCUT2D eigenvalue weighted by Gasteiger charge is 2.44. The topological polar surface area (TPSA) is 29.5 Å². The number of ether oxygens (including phenoxy) is 1. The lowest BCUT2D eigenvalue weighted by Crippen LogP contribution is -2.38. The van der Waals surface area contributed by atoms with Gasteiger partial charge in [0.15, 0.2) is 0 Å². The predicted molar refractivity (Wildman–Crippen MR) is 92.6 cm³/mol. The Kier molecular flexibility index (Phi) is 5.37. The van der Waals surface area contributed by atoms with Gasteiger partial charge in [0.05, 0.1) is 5.41 Å². The number of benzene rings is 1. The molecule has 23 heavy (non-hydrogen) atoms. The molecule has 1 aromatic rings. The molecule has 0 radical (unpaired) electrons. The van der Waals surface area contributed by atoms with E-state index in [1.54, 1.807) is 0 Å². The van der Waals surface area contributed by atoms with Crippen LogP contribution in [0.15, 0.2) is 24.3 Å². The maximum atomic E-state index is 12.9. The second-order valence-corrected chi connectivity index (χ2v) is 7.19. The third kappa shape index (κ3) is 3.77. The van der Waals surface area contributed by atoms with E-state index in [0.717, 1.165) is 50.9 Å². The molecule has 2 fully saturated rings. The second-order valence-electron chi connectivity index (χ2n) is 7.19. The van der Waals surface area contributed by atoms with Gasteiger partial charge in [-0.2, -0.15) is 0 Å². The van der Waals surface area contributed by atoms with E-state index in [2.05, 4.69) is 36.1 Å². The van der Waals surface area contributed by atoms with Gasteiger partial charge in [-0.05, 0) is 51.3 Å². The number of carbonyl (C=O) groups excluding carboxylic acids is 1. The summed E-state index contributed by atoms with van der Waals surface area (Å²) in [5.74, 6) is -0.00383. The summed E-state index contributed by atoms with van der Waals surface area (Å²) in [5, 5.41) is 0. The van der Waals surface area contributed by atoms with Gasteiger partial charge in [0.2, 0.25) is 0 Å². The average molecular weight is 315 g/mol. The van der Waals surface area contributed by atoms with Gasteiger partial charge in [0.25, 0.3) is 0 Å². The van der Waals surface area contributed by atoms with E-state index in [9.17, 15) is 4.79 Å². The molecule has 1 saturated carbocycles. The number of carbonyl (C=O) groups is 1. The highest BCUT2D eigenvalue weighted by atomic mass is 16.5. The fourth-order valence-corrected chi connectivity index (χ4v) is 4.05. The molecule has 1 heterocycles. The molecule has 1 aliphatic heterocycles. The van der Waals surface area contributed by atoms with Crippen LogP contribution in [0.2, 0.25) is 0 Å². The summed E-state index contributed by atoms with van der Waals surface area (Å²) in [6.45, 7) is 5.81. The minimum absolute atomic E-state index is 0.00383. The summed E-state index contributed by atoms with van der Waals surface area (Å²) >= 11 is 0. The van der Waals surface area contributed by atoms with Gasteiger partial charge in [-0.3, -0.25) is 9.69 Å². The van der Waals surface area contributed by atoms with Gasteiger partial charge < -0.3 is 4.74 Å². The molecule has 0 unspecified atom stereocenters. The molecule has 0 N–H and O–H groups in total. The number of piperidine rings is 1. The Labute approximate surface area is 140 Å². The third-order valence-corrected chi connectivity index (χ3v) is 5.54. The van der Waals surface area contributed by atoms with Crippen molar-refractivity contribution < 1.29 is 9.53 Å². The Morgan fingerprint density at radius 2 is 1.70 bits per heavy atom. The Bertz CT molecular complexity index is 511. The van der Waals surface area contributed by atoms with Crippen molar-refractivity contribution >= 4 is 5.97 Å². The maximum Gasteiger partial charge on any atom is 0.316 e. The SMILES string of the molecule is Cc1ccc(C2(C(=O)OCCN3CCCCC3)CCCC2)cc1. The highest BCUT2D eigenvalue weighted by molar-refractivity contribution is 5.83. The number of esters is 1. The first-order chi connectivity index (χ1) is 11.2. The zero-order chi connectivity index (χ0) is 16.1. The zero-order valence-electron chi connectivity index (χ0n) is 14.4. The van der Waals surface area contributed by atoms with Crippen molar-refractivity contribution in [3.63, 3.8) is 0 Å². The van der Waals surface area contributed by atoms with E-state index in [1.807, 2.05) is 0 Å². The van der Waals surface area contributed by atoms with Crippen LogP contribution >= 0.6 is 0 Å². The van der Waals surface area contributed by atoms with Crippen molar-refractivity contribution in [2.45, 2.75) is 57.3 Å². The molecule has 1 aromatic carbocycles. The Balaban J connectivity index is 1.61. The summed E-state index contributed by atoms with van der Waals surface area (Å²) in [4.78, 5) is 15.3. The number of hydrogen-bond acceptors (Lipinski definition) is 3. The van der Waals surface area contributed by atoms with Crippen molar-refractivity contribution in [1.82, 2.24) is 4.90 Å². The van der Waals surface area contributed by atoms with Crippen LogP contribution in [-0.4, -0.2) is 37.1 Å². The molecule has 3 heteroatoms. The summed E-state index contributed by atoms with van der Waals surface area (Å²) in [6, 6.07) is 8.45. The number of rotatable bonds is 5. The molecule has 1 saturated heterocycles. The molecule has 0 amide bonds. The summed E-state index contributed by atoms with van der Waals surface area (Å²) in [7, 11) is 0. The van der Waals surface area contributed by atoms with Gasteiger partial charge in [0, 0.05) is 6.54 Å². The van der Waals surface area contributed by atoms with Crippen molar-refractivity contribution in [3.8, 4) is 0 Å². The first-order valence-electron chi connectivity index (χ1n) is 9.17. The Hall–Kier alpha value is -1.35. The fraction of sp³-hybridized carbons (Fsp3) is 0.650. The molecule has 126 valence electrons. The van der Waals surface area contributed by atoms with Crippen molar-refractivity contribution in [2.75, 3.05) is 26.2 Å². The monoisotopic (exact) mass is 315 g/mol. The third-order valence-electron chi connectivity index (χ3n) is 5.54. The van der Waals surface area contributed by atoms with Gasteiger partial charge in [0.1, 0.15) is 6.61 Å². The molecule has 1 aliphatic carbocycles. The second kappa shape index (κ2) is 7.48. The largest absolute Gasteiger partial charge is 0.464 e. The van der Waals surface area contributed by atoms with Crippen molar-refractivity contribution in [2.24, 2.45) is 0 Å². The van der Waals surface area contributed by atoms with Crippen LogP contribution in [0.3, 0.4) is 0 Å². The maximum absolute atomic E-state index is 12.9. The van der Waals surface area contributed by atoms with E-state index in [0.29, 0.717) is 6.61 Å². The molecule has 3 rings (SSSR count). The standard InChI is InChI=1S/C20H29NO2/c1-17-7-9-18(10-8-17)20(11-3-4-12-20)19(22)23-16-15-21-13-5-2-6-14-21/h7-10H,2-6,11-16H2,1H3. The smallest absolute Gasteiger partial charge is 0.316 e. The molecule has 2 aliphatic rings. The lowest BCUT2D eigenvalue weighted by molar-refractivity contribution is -0.151. The first-order valence-corrected chi connectivity index (χ1v) is 9.17. The van der Waals surface area contributed by atoms with Crippen LogP contribution in [-0.2, 0) is 14.9 Å². The van der Waals surface area contributed by atoms with E-state index in [1.165, 1.54) is 24.8 Å². The van der Waals surface area contributed by atoms with Crippen LogP contribution in [0.1, 0.15) is 56.1 Å². The highest BCUT2D eigenvalue weighted by Crippen LogP contribution is 2.42. The Morgan fingerprint density at radius 1 is 1.04 bits per heavy atom. The quantitative estimate of drug-likeness (QED) is 0.773. The van der Waals surface area contributed by atoms with Gasteiger partial charge in [-0.1, -0.05) is 49.1 Å². The zero-order valence-corrected chi connectivity index (χ0v) is 14.4. The van der Waals surface area contributed by atoms with Crippen LogP contribution < -0.4 is 0 Å². The number of aryl methyl sites for hydroxylation is 1. The lowest BCUT2D eigenvalue weighted by atomic mass is 9.78. The normalized spacial score (nSPS) is 21.3. The fourth-order valence-electron chi connectivity index (χ4n) is 4.05. The minimum Gasteiger partial charge on any atom is -0.464 e. The van der Waals surface area contributed by atoms with Crippen LogP contribution in [0, 0.1) is 6.92 Å². The number of hydrogen-bond donors (Lipinski definition) is 0. The van der Waals surface area contributed by atoms with E-state index in [-0.39, 0.29) is 5.97 Å². The predicted octanol–water partition coefficient (Wildman–Crippen LogP) is 3.84. The van der Waals surface area contributed by atoms with Crippen molar-refractivity contribution in [1.29, 1.82) is 0 Å². The minimum atomic E-state index is -0.393. The molecule has 0 spiro atoms. The van der Waals surface area contributed by atoms with E-state index >= 15 is 0 Å². The molecular weight excluding hydrogens is 286 g/mol. The van der Waals surface area contributed by atoms with Crippen LogP contribution in [0.25, 0.3) is 0 Å². The molecule has 0 atom stereocenters.